The van der Waals surface area contributed by atoms with Crippen LogP contribution in [0.4, 0.5) is 0 Å². The number of rotatable bonds is 16. The van der Waals surface area contributed by atoms with Gasteiger partial charge in [0.1, 0.15) is 0 Å². The second-order valence-corrected chi connectivity index (χ2v) is 27.3. The van der Waals surface area contributed by atoms with E-state index in [0.717, 1.165) is 75.7 Å². The van der Waals surface area contributed by atoms with Gasteiger partial charge in [-0.25, -0.2) is 0 Å². The molecule has 472 valence electrons. The molecule has 0 amide bonds. The van der Waals surface area contributed by atoms with Crippen LogP contribution in [0.1, 0.15) is 22.3 Å². The van der Waals surface area contributed by atoms with Crippen LogP contribution >= 0.6 is 31.9 Å². The van der Waals surface area contributed by atoms with Gasteiger partial charge in [-0.1, -0.05) is 372 Å². The third kappa shape index (κ3) is 13.9. The van der Waals surface area contributed by atoms with Crippen molar-refractivity contribution < 1.29 is 0 Å². The maximum Gasteiger partial charge on any atom is 0.0175 e. The number of hydrogen-bond acceptors (Lipinski definition) is 0. The van der Waals surface area contributed by atoms with E-state index < -0.39 is 0 Å². The summed E-state index contributed by atoms with van der Waals surface area (Å²) in [6.07, 6.45) is 0. The van der Waals surface area contributed by atoms with Gasteiger partial charge in [-0.3, -0.25) is 0 Å². The van der Waals surface area contributed by atoms with Crippen LogP contribution in [0.5, 0.6) is 0 Å². The summed E-state index contributed by atoms with van der Waals surface area (Å²) in [7, 11) is 0. The maximum atomic E-state index is 3.76. The summed E-state index contributed by atoms with van der Waals surface area (Å²) in [5.41, 5.74) is 35.1. The van der Waals surface area contributed by atoms with Crippen LogP contribution in [0, 0.1) is 0 Å². The Morgan fingerprint density at radius 1 is 0.120 bits per heavy atom. The normalized spacial score (nSPS) is 11.5. The van der Waals surface area contributed by atoms with E-state index in [0.29, 0.717) is 0 Å². The third-order valence-corrected chi connectivity index (χ3v) is 20.2. The van der Waals surface area contributed by atoms with E-state index in [4.69, 9.17) is 0 Å². The van der Waals surface area contributed by atoms with Crippen molar-refractivity contribution in [1.29, 1.82) is 0 Å². The van der Waals surface area contributed by atoms with Gasteiger partial charge in [0.2, 0.25) is 0 Å². The molecule has 0 aliphatic rings. The highest BCUT2D eigenvalue weighted by molar-refractivity contribution is 9.10. The second-order valence-electron chi connectivity index (χ2n) is 25.4. The minimum absolute atomic E-state index is 1.03. The summed E-state index contributed by atoms with van der Waals surface area (Å²) in [6, 6.07) is 146. The van der Waals surface area contributed by atoms with Crippen molar-refractivity contribution >= 4 is 43.0 Å². The largest absolute Gasteiger partial charge is 0.0622 e. The number of benzene rings is 16. The molecule has 0 saturated carbocycles. The summed E-state index contributed by atoms with van der Waals surface area (Å²) in [5, 5.41) is 0. The van der Waals surface area contributed by atoms with Crippen LogP contribution in [0.25, 0.3) is 145 Å². The van der Waals surface area contributed by atoms with E-state index >= 15 is 0 Å². The summed E-state index contributed by atoms with van der Waals surface area (Å²) in [5.74, 6) is 0. The lowest BCUT2D eigenvalue weighted by Crippen LogP contribution is -1.98. The summed E-state index contributed by atoms with van der Waals surface area (Å²) < 4.78 is 2.06. The molecule has 16 rings (SSSR count). The van der Waals surface area contributed by atoms with Crippen molar-refractivity contribution in [3.8, 4) is 134 Å². The smallest absolute Gasteiger partial charge is 0.0175 e. The Morgan fingerprint density at radius 3 is 0.400 bits per heavy atom. The Balaban J connectivity index is 0.709. The molecule has 0 atom stereocenters. The molecule has 0 nitrogen and oxygen atoms in total. The van der Waals surface area contributed by atoms with E-state index in [2.05, 4.69) is 432 Å². The fraction of sp³-hybridized carbons (Fsp3) is 0. The lowest BCUT2D eigenvalue weighted by atomic mass is 9.85. The quantitative estimate of drug-likeness (QED) is 0.0846. The van der Waals surface area contributed by atoms with E-state index in [-0.39, 0.29) is 0 Å². The van der Waals surface area contributed by atoms with Crippen LogP contribution in [0.2, 0.25) is 0 Å². The van der Waals surface area contributed by atoms with Crippen LogP contribution in [0.3, 0.4) is 0 Å². The highest BCUT2D eigenvalue weighted by Gasteiger charge is 2.19. The predicted octanol–water partition coefficient (Wildman–Crippen LogP) is 28.2. The van der Waals surface area contributed by atoms with Gasteiger partial charge in [0.15, 0.2) is 0 Å². The van der Waals surface area contributed by atoms with Gasteiger partial charge < -0.3 is 0 Å². The highest BCUT2D eigenvalue weighted by atomic mass is 79.9. The van der Waals surface area contributed by atoms with E-state index in [1.54, 1.807) is 0 Å². The van der Waals surface area contributed by atoms with Crippen LogP contribution in [-0.4, -0.2) is 0 Å². The van der Waals surface area contributed by atoms with Crippen molar-refractivity contribution in [3.63, 3.8) is 0 Å². The molecule has 16 aromatic carbocycles. The highest BCUT2D eigenvalue weighted by Crippen LogP contribution is 2.42. The molecule has 0 N–H and O–H groups in total. The van der Waals surface area contributed by atoms with E-state index in [1.165, 1.54) is 100 Å². The van der Waals surface area contributed by atoms with Crippen molar-refractivity contribution in [2.75, 3.05) is 0 Å². The van der Waals surface area contributed by atoms with E-state index in [9.17, 15) is 0 Å². The first kappa shape index (κ1) is 63.0. The second kappa shape index (κ2) is 28.7. The molecule has 0 fully saturated rings. The SMILES string of the molecule is Brc1ccc(/C(=C(/c2ccc(Br)cc2)c2ccc(-c3ccc(-c4cc(-c5ccc(-c6ccccc6)cc5)cc(-c5ccc(-c6ccccc6)cc5)c4)cc3)cc2)c2ccc(-c3ccc(-c4cc(-c5ccc(-c6ccccc6)cc5)cc(-c5ccc(-c6ccccc6)cc5)c4)cc3)cc2)cc1. The van der Waals surface area contributed by atoms with Gasteiger partial charge in [-0.15, -0.1) is 0 Å². The zero-order valence-corrected chi connectivity index (χ0v) is 58.0. The Kier molecular flexibility index (Phi) is 18.1. The van der Waals surface area contributed by atoms with Crippen molar-refractivity contribution in [2.45, 2.75) is 0 Å². The van der Waals surface area contributed by atoms with Crippen LogP contribution in [-0.2, 0) is 0 Å². The Hall–Kier alpha value is -11.8. The van der Waals surface area contributed by atoms with E-state index in [1.807, 2.05) is 0 Å². The average Bonchev–Trinajstić information content (AvgIpc) is 0.792. The van der Waals surface area contributed by atoms with Crippen molar-refractivity contribution in [1.82, 2.24) is 0 Å². The Bertz CT molecular complexity index is 4940. The summed E-state index contributed by atoms with van der Waals surface area (Å²) in [6.45, 7) is 0. The molecule has 100 heavy (non-hydrogen) atoms. The fourth-order valence-electron chi connectivity index (χ4n) is 13.7. The molecular formula is C98H66Br2. The van der Waals surface area contributed by atoms with Gasteiger partial charge in [-0.05, 0) is 228 Å². The third-order valence-electron chi connectivity index (χ3n) is 19.1. The standard InChI is InChI=1S/C98H66Br2/c99-95-57-53-87(54-58-95)97(85-49-45-77(46-50-85)75-29-41-83(42-30-75)93-63-89(79-33-21-71(22-34-79)67-13-5-1-6-14-67)61-90(64-93)80-35-23-72(24-36-80)68-15-7-2-8-16-68)98(88-55-59-96(100)60-56-88)86-51-47-78(48-52-86)76-31-43-84(44-32-76)94-65-91(81-37-25-73(26-38-81)69-17-9-3-10-18-69)62-92(66-94)82-39-27-74(28-40-82)70-19-11-4-12-20-70/h1-66H/b98-97+. The monoisotopic (exact) mass is 1400 g/mol. The van der Waals surface area contributed by atoms with Crippen LogP contribution < -0.4 is 0 Å². The van der Waals surface area contributed by atoms with Crippen molar-refractivity contribution in [3.05, 3.63) is 432 Å². The molecule has 0 spiro atoms. The lowest BCUT2D eigenvalue weighted by Gasteiger charge is -2.19. The molecule has 2 heteroatoms. The molecule has 0 saturated heterocycles. The maximum absolute atomic E-state index is 3.76. The Labute approximate surface area is 603 Å². The van der Waals surface area contributed by atoms with Gasteiger partial charge >= 0.3 is 0 Å². The number of halogens is 2. The first-order valence-corrected chi connectivity index (χ1v) is 35.5. The molecular weight excluding hydrogens is 1340 g/mol. The number of hydrogen-bond donors (Lipinski definition) is 0. The van der Waals surface area contributed by atoms with Gasteiger partial charge in [-0.2, -0.15) is 0 Å². The topological polar surface area (TPSA) is 0 Å². The summed E-state index contributed by atoms with van der Waals surface area (Å²) in [4.78, 5) is 0. The minimum atomic E-state index is 1.03. The first-order chi connectivity index (χ1) is 49.3. The first-order valence-electron chi connectivity index (χ1n) is 33.9. The lowest BCUT2D eigenvalue weighted by molar-refractivity contribution is 1.48. The molecule has 0 heterocycles. The zero-order chi connectivity index (χ0) is 67.1. The van der Waals surface area contributed by atoms with Gasteiger partial charge in [0.25, 0.3) is 0 Å². The predicted molar refractivity (Wildman–Crippen MR) is 431 cm³/mol. The van der Waals surface area contributed by atoms with Crippen LogP contribution in [0.15, 0.2) is 409 Å². The molecule has 0 aliphatic heterocycles. The minimum Gasteiger partial charge on any atom is -0.0622 e. The molecule has 16 aromatic rings. The fourth-order valence-corrected chi connectivity index (χ4v) is 14.2. The van der Waals surface area contributed by atoms with Gasteiger partial charge in [0.05, 0.1) is 0 Å². The molecule has 0 unspecified atom stereocenters. The zero-order valence-electron chi connectivity index (χ0n) is 54.9. The van der Waals surface area contributed by atoms with Crippen molar-refractivity contribution in [2.24, 2.45) is 0 Å². The molecule has 0 aliphatic carbocycles. The molecule has 0 bridgehead atoms. The summed E-state index contributed by atoms with van der Waals surface area (Å²) >= 11 is 7.52. The van der Waals surface area contributed by atoms with Gasteiger partial charge in [0, 0.05) is 8.95 Å². The molecule has 0 aromatic heterocycles. The molecule has 0 radical (unpaired) electrons. The Morgan fingerprint density at radius 2 is 0.240 bits per heavy atom. The average molecular weight is 1400 g/mol.